The van der Waals surface area contributed by atoms with Gasteiger partial charge in [0.1, 0.15) is 18.1 Å². The largest absolute Gasteiger partial charge is 0.573 e. The highest BCUT2D eigenvalue weighted by atomic mass is 32.1. The fourth-order valence-corrected chi connectivity index (χ4v) is 2.22. The average Bonchev–Trinajstić information content (AvgIpc) is 2.77. The quantitative estimate of drug-likeness (QED) is 0.840. The Labute approximate surface area is 129 Å². The molecule has 9 heteroatoms. The van der Waals surface area contributed by atoms with E-state index in [0.717, 1.165) is 0 Å². The van der Waals surface area contributed by atoms with Crippen molar-refractivity contribution in [2.45, 2.75) is 32.9 Å². The van der Waals surface area contributed by atoms with Gasteiger partial charge in [-0.25, -0.2) is 0 Å². The maximum Gasteiger partial charge on any atom is 0.573 e. The fourth-order valence-electron chi connectivity index (χ4n) is 1.86. The minimum Gasteiger partial charge on any atom is -0.486 e. The molecule has 5 nitrogen and oxygen atoms in total. The van der Waals surface area contributed by atoms with Gasteiger partial charge in [-0.05, 0) is 50.3 Å². The number of aromatic nitrogens is 3. The number of hydrogen-bond acceptors (Lipinski definition) is 4. The molecule has 1 heterocycles. The maximum absolute atomic E-state index is 12.1. The van der Waals surface area contributed by atoms with Crippen LogP contribution < -0.4 is 9.47 Å². The Hall–Kier alpha value is -2.03. The van der Waals surface area contributed by atoms with Gasteiger partial charge in [0.05, 0.1) is 0 Å². The number of hydrogen-bond donors (Lipinski definition) is 1. The third-order valence-electron chi connectivity index (χ3n) is 2.72. The number of aromatic amines is 1. The van der Waals surface area contributed by atoms with Crippen LogP contribution in [0.5, 0.6) is 11.5 Å². The number of rotatable bonds is 5. The second kappa shape index (κ2) is 6.39. The Morgan fingerprint density at radius 1 is 1.23 bits per heavy atom. The van der Waals surface area contributed by atoms with Gasteiger partial charge in [0.25, 0.3) is 0 Å². The van der Waals surface area contributed by atoms with Crippen LogP contribution in [0.4, 0.5) is 13.2 Å². The second-order valence-electron chi connectivity index (χ2n) is 4.72. The van der Waals surface area contributed by atoms with E-state index >= 15 is 0 Å². The summed E-state index contributed by atoms with van der Waals surface area (Å²) >= 11 is 5.11. The average molecular weight is 333 g/mol. The minimum atomic E-state index is -4.71. The van der Waals surface area contributed by atoms with E-state index in [9.17, 15) is 13.2 Å². The first-order valence-electron chi connectivity index (χ1n) is 6.40. The monoisotopic (exact) mass is 333 g/mol. The molecule has 1 aromatic carbocycles. The predicted octanol–water partition coefficient (Wildman–Crippen LogP) is 4.00. The van der Waals surface area contributed by atoms with Gasteiger partial charge in [0.15, 0.2) is 10.6 Å². The van der Waals surface area contributed by atoms with Crippen molar-refractivity contribution < 1.29 is 22.6 Å². The number of benzene rings is 1. The van der Waals surface area contributed by atoms with E-state index in [2.05, 4.69) is 14.9 Å². The first-order chi connectivity index (χ1) is 10.3. The zero-order valence-corrected chi connectivity index (χ0v) is 12.7. The van der Waals surface area contributed by atoms with Crippen molar-refractivity contribution in [3.63, 3.8) is 0 Å². The van der Waals surface area contributed by atoms with Crippen LogP contribution in [0.15, 0.2) is 24.3 Å². The van der Waals surface area contributed by atoms with Gasteiger partial charge in [-0.15, -0.1) is 13.2 Å². The normalized spacial score (nSPS) is 11.7. The molecule has 0 fully saturated rings. The number of H-pyrrole nitrogens is 1. The highest BCUT2D eigenvalue weighted by molar-refractivity contribution is 7.71. The molecule has 0 saturated carbocycles. The number of ether oxygens (including phenoxy) is 2. The summed E-state index contributed by atoms with van der Waals surface area (Å²) in [5, 5.41) is 6.75. The molecule has 2 aromatic rings. The lowest BCUT2D eigenvalue weighted by Gasteiger charge is -2.12. The number of nitrogens with one attached hydrogen (secondary N) is 1. The molecule has 0 amide bonds. The highest BCUT2D eigenvalue weighted by Gasteiger charge is 2.30. The molecule has 0 spiro atoms. The molecule has 0 atom stereocenters. The molecular weight excluding hydrogens is 319 g/mol. The second-order valence-corrected chi connectivity index (χ2v) is 5.10. The summed E-state index contributed by atoms with van der Waals surface area (Å²) in [7, 11) is 0. The SMILES string of the molecule is CC(C)n1c(COc2ccc(OC(F)(F)F)cc2)n[nH]c1=S. The van der Waals surface area contributed by atoms with E-state index in [0.29, 0.717) is 16.3 Å². The van der Waals surface area contributed by atoms with E-state index in [1.807, 2.05) is 13.8 Å². The molecule has 0 saturated heterocycles. The summed E-state index contributed by atoms with van der Waals surface area (Å²) in [5.41, 5.74) is 0. The van der Waals surface area contributed by atoms with Crippen molar-refractivity contribution in [3.05, 3.63) is 34.9 Å². The lowest BCUT2D eigenvalue weighted by molar-refractivity contribution is -0.274. The van der Waals surface area contributed by atoms with E-state index < -0.39 is 6.36 Å². The standard InChI is InChI=1S/C13H14F3N3O2S/c1-8(2)19-11(17-18-12(19)22)7-20-9-3-5-10(6-4-9)21-13(14,15)16/h3-6,8H,7H2,1-2H3,(H,18,22). The molecule has 120 valence electrons. The van der Waals surface area contributed by atoms with Crippen LogP contribution in [0, 0.1) is 4.77 Å². The lowest BCUT2D eigenvalue weighted by Crippen LogP contribution is -2.17. The molecule has 22 heavy (non-hydrogen) atoms. The van der Waals surface area contributed by atoms with Crippen molar-refractivity contribution in [2.24, 2.45) is 0 Å². The van der Waals surface area contributed by atoms with Crippen molar-refractivity contribution in [1.29, 1.82) is 0 Å². The van der Waals surface area contributed by atoms with Gasteiger partial charge in [-0.1, -0.05) is 0 Å². The summed E-state index contributed by atoms with van der Waals surface area (Å²) in [6.45, 7) is 4.06. The molecule has 0 bridgehead atoms. The Balaban J connectivity index is 2.02. The Bertz CT molecular complexity index is 677. The topological polar surface area (TPSA) is 52.1 Å². The summed E-state index contributed by atoms with van der Waals surface area (Å²) < 4.78 is 47.7. The molecule has 0 unspecified atom stereocenters. The highest BCUT2D eigenvalue weighted by Crippen LogP contribution is 2.25. The number of alkyl halides is 3. The van der Waals surface area contributed by atoms with Crippen molar-refractivity contribution in [2.75, 3.05) is 0 Å². The smallest absolute Gasteiger partial charge is 0.486 e. The van der Waals surface area contributed by atoms with Gasteiger partial charge in [0, 0.05) is 6.04 Å². The minimum absolute atomic E-state index is 0.118. The number of nitrogens with zero attached hydrogens (tertiary/aromatic N) is 2. The van der Waals surface area contributed by atoms with Crippen LogP contribution in [-0.2, 0) is 6.61 Å². The first-order valence-corrected chi connectivity index (χ1v) is 6.81. The van der Waals surface area contributed by atoms with Crippen LogP contribution >= 0.6 is 12.2 Å². The summed E-state index contributed by atoms with van der Waals surface area (Å²) in [5.74, 6) is 0.707. The Morgan fingerprint density at radius 3 is 2.36 bits per heavy atom. The number of halogens is 3. The molecule has 0 radical (unpaired) electrons. The van der Waals surface area contributed by atoms with E-state index in [-0.39, 0.29) is 18.4 Å². The predicted molar refractivity (Wildman–Crippen MR) is 75.3 cm³/mol. The van der Waals surface area contributed by atoms with E-state index in [1.165, 1.54) is 24.3 Å². The molecule has 0 aliphatic heterocycles. The Kier molecular flexibility index (Phi) is 4.74. The molecule has 2 rings (SSSR count). The third-order valence-corrected chi connectivity index (χ3v) is 3.01. The van der Waals surface area contributed by atoms with Crippen LogP contribution in [0.1, 0.15) is 25.7 Å². The third kappa shape index (κ3) is 4.23. The van der Waals surface area contributed by atoms with Gasteiger partial charge in [-0.3, -0.25) is 9.67 Å². The zero-order valence-electron chi connectivity index (χ0n) is 11.8. The molecule has 0 aliphatic carbocycles. The van der Waals surface area contributed by atoms with Crippen molar-refractivity contribution in [3.8, 4) is 11.5 Å². The zero-order chi connectivity index (χ0) is 16.3. The fraction of sp³-hybridized carbons (Fsp3) is 0.385. The van der Waals surface area contributed by atoms with Crippen molar-refractivity contribution >= 4 is 12.2 Å². The Morgan fingerprint density at radius 2 is 1.82 bits per heavy atom. The van der Waals surface area contributed by atoms with Crippen LogP contribution in [-0.4, -0.2) is 21.1 Å². The molecule has 1 N–H and O–H groups in total. The summed E-state index contributed by atoms with van der Waals surface area (Å²) in [6, 6.07) is 5.27. The lowest BCUT2D eigenvalue weighted by atomic mass is 10.3. The van der Waals surface area contributed by atoms with Crippen LogP contribution in [0.2, 0.25) is 0 Å². The summed E-state index contributed by atoms with van der Waals surface area (Å²) in [6.07, 6.45) is -4.71. The molecule has 1 aromatic heterocycles. The van der Waals surface area contributed by atoms with E-state index in [4.69, 9.17) is 17.0 Å². The van der Waals surface area contributed by atoms with E-state index in [1.54, 1.807) is 4.57 Å². The first kappa shape index (κ1) is 16.3. The van der Waals surface area contributed by atoms with Crippen molar-refractivity contribution in [1.82, 2.24) is 14.8 Å². The van der Waals surface area contributed by atoms with Crippen LogP contribution in [0.25, 0.3) is 0 Å². The molecular formula is C13H14F3N3O2S. The van der Waals surface area contributed by atoms with Crippen LogP contribution in [0.3, 0.4) is 0 Å². The van der Waals surface area contributed by atoms with Gasteiger partial charge in [0.2, 0.25) is 0 Å². The summed E-state index contributed by atoms with van der Waals surface area (Å²) in [4.78, 5) is 0. The van der Waals surface area contributed by atoms with Gasteiger partial charge < -0.3 is 9.47 Å². The maximum atomic E-state index is 12.1. The molecule has 0 aliphatic rings. The van der Waals surface area contributed by atoms with Gasteiger partial charge >= 0.3 is 6.36 Å². The van der Waals surface area contributed by atoms with Gasteiger partial charge in [-0.2, -0.15) is 5.10 Å².